The molecular formula is C38H54B2N4O4. The second kappa shape index (κ2) is 11.4. The lowest BCUT2D eigenvalue weighted by molar-refractivity contribution is 0.00578. The van der Waals surface area contributed by atoms with Gasteiger partial charge >= 0.3 is 14.2 Å². The van der Waals surface area contributed by atoms with E-state index >= 15 is 0 Å². The number of hydrogen-bond acceptors (Lipinski definition) is 6. The van der Waals surface area contributed by atoms with Gasteiger partial charge in [-0.3, -0.25) is 9.36 Å². The van der Waals surface area contributed by atoms with Crippen LogP contribution in [0.2, 0.25) is 0 Å². The Morgan fingerprint density at radius 1 is 0.667 bits per heavy atom. The lowest BCUT2D eigenvalue weighted by atomic mass is 9.78. The Hall–Kier alpha value is -2.65. The molecule has 4 heterocycles. The average Bonchev–Trinajstić information content (AvgIpc) is 3.90. The Kier molecular flexibility index (Phi) is 8.06. The molecule has 256 valence electrons. The van der Waals surface area contributed by atoms with Crippen molar-refractivity contribution in [1.82, 2.24) is 19.6 Å². The Morgan fingerprint density at radius 3 is 1.62 bits per heavy atom. The van der Waals surface area contributed by atoms with Gasteiger partial charge in [-0.15, -0.1) is 0 Å². The lowest BCUT2D eigenvalue weighted by Crippen LogP contribution is -2.41. The number of rotatable bonds is 6. The van der Waals surface area contributed by atoms with Gasteiger partial charge in [0, 0.05) is 17.0 Å². The van der Waals surface area contributed by atoms with Crippen LogP contribution in [-0.4, -0.2) is 56.2 Å². The summed E-state index contributed by atoms with van der Waals surface area (Å²) < 4.78 is 29.2. The summed E-state index contributed by atoms with van der Waals surface area (Å²) in [4.78, 5) is 0. The summed E-state index contributed by atoms with van der Waals surface area (Å²) in [5, 5.41) is 11.9. The summed E-state index contributed by atoms with van der Waals surface area (Å²) in [6.07, 6.45) is 9.47. The zero-order valence-corrected chi connectivity index (χ0v) is 31.2. The molecule has 4 aliphatic rings. The molecule has 0 amide bonds. The normalized spacial score (nSPS) is 23.8. The molecule has 0 spiro atoms. The minimum Gasteiger partial charge on any atom is -0.399 e. The second-order valence-corrected chi connectivity index (χ2v) is 17.1. The third kappa shape index (κ3) is 5.95. The first-order chi connectivity index (χ1) is 22.4. The van der Waals surface area contributed by atoms with Gasteiger partial charge < -0.3 is 18.6 Å². The minimum atomic E-state index is -0.317. The first-order valence-corrected chi connectivity index (χ1v) is 18.1. The minimum absolute atomic E-state index is 0.314. The fourth-order valence-electron chi connectivity index (χ4n) is 7.11. The number of nitrogens with zero attached hydrogens (tertiary/aromatic N) is 4. The number of benzene rings is 2. The monoisotopic (exact) mass is 652 g/mol. The summed E-state index contributed by atoms with van der Waals surface area (Å²) in [6, 6.07) is 9.66. The molecule has 4 aromatic rings. The van der Waals surface area contributed by atoms with Gasteiger partial charge in [0.25, 0.3) is 0 Å². The van der Waals surface area contributed by atoms with Gasteiger partial charge in [-0.1, -0.05) is 24.3 Å². The Labute approximate surface area is 287 Å². The molecule has 2 atom stereocenters. The lowest BCUT2D eigenvalue weighted by Gasteiger charge is -2.32. The zero-order chi connectivity index (χ0) is 34.6. The first kappa shape index (κ1) is 33.8. The number of hydrogen-bond donors (Lipinski definition) is 0. The van der Waals surface area contributed by atoms with E-state index in [2.05, 4.69) is 128 Å². The largest absolute Gasteiger partial charge is 0.494 e. The summed E-state index contributed by atoms with van der Waals surface area (Å²) in [7, 11) is -0.635. The average molecular weight is 652 g/mol. The van der Waals surface area contributed by atoms with E-state index < -0.39 is 0 Å². The zero-order valence-electron chi connectivity index (χ0n) is 31.2. The molecule has 2 unspecified atom stereocenters. The van der Waals surface area contributed by atoms with Crippen LogP contribution in [0.3, 0.4) is 0 Å². The van der Waals surface area contributed by atoms with Crippen LogP contribution in [-0.2, 0) is 18.6 Å². The molecule has 0 bridgehead atoms. The first-order valence-electron chi connectivity index (χ1n) is 18.1. The van der Waals surface area contributed by atoms with E-state index in [1.807, 2.05) is 6.20 Å². The molecule has 2 aromatic heterocycles. The molecule has 2 aliphatic carbocycles. The van der Waals surface area contributed by atoms with Crippen LogP contribution in [0.4, 0.5) is 0 Å². The van der Waals surface area contributed by atoms with E-state index in [0.717, 1.165) is 28.3 Å². The fourth-order valence-corrected chi connectivity index (χ4v) is 7.11. The second-order valence-electron chi connectivity index (χ2n) is 17.1. The Bertz CT molecular complexity index is 1780. The van der Waals surface area contributed by atoms with Gasteiger partial charge in [0.1, 0.15) is 0 Å². The topological polar surface area (TPSA) is 72.6 Å². The maximum Gasteiger partial charge on any atom is 0.494 e. The smallest absolute Gasteiger partial charge is 0.399 e. The number of aryl methyl sites for hydroxylation is 2. The van der Waals surface area contributed by atoms with Gasteiger partial charge in [-0.25, -0.2) is 0 Å². The van der Waals surface area contributed by atoms with Crippen molar-refractivity contribution in [2.75, 3.05) is 0 Å². The highest BCUT2D eigenvalue weighted by Crippen LogP contribution is 2.42. The van der Waals surface area contributed by atoms with Crippen LogP contribution in [0, 0.1) is 25.7 Å². The molecule has 2 aromatic carbocycles. The summed E-state index contributed by atoms with van der Waals surface area (Å²) in [5.41, 5.74) is 5.65. The van der Waals surface area contributed by atoms with Crippen molar-refractivity contribution in [3.05, 3.63) is 47.8 Å². The van der Waals surface area contributed by atoms with Crippen molar-refractivity contribution in [3.63, 3.8) is 0 Å². The van der Waals surface area contributed by atoms with E-state index in [0.29, 0.717) is 12.1 Å². The van der Waals surface area contributed by atoms with E-state index in [4.69, 9.17) is 23.7 Å². The molecule has 2 saturated carbocycles. The predicted molar refractivity (Wildman–Crippen MR) is 195 cm³/mol. The van der Waals surface area contributed by atoms with Crippen molar-refractivity contribution in [3.8, 4) is 0 Å². The SMILES string of the molecule is Cc1cc(B2OC(C)(C)C(C)(C)O2)cc2cn(C(C)C3CC3)nc12.Cc1cc(B2OC(C)(C)C(C)(C)O2)cc2cnn(C(C)C3CC3)c12. The van der Waals surface area contributed by atoms with E-state index in [1.165, 1.54) is 53.1 Å². The van der Waals surface area contributed by atoms with Crippen molar-refractivity contribution in [2.45, 2.75) is 143 Å². The molecule has 2 aliphatic heterocycles. The van der Waals surface area contributed by atoms with E-state index in [-0.39, 0.29) is 36.6 Å². The van der Waals surface area contributed by atoms with Crippen molar-refractivity contribution >= 4 is 47.0 Å². The quantitative estimate of drug-likeness (QED) is 0.205. The van der Waals surface area contributed by atoms with E-state index in [1.54, 1.807) is 0 Å². The highest BCUT2D eigenvalue weighted by Gasteiger charge is 2.53. The maximum atomic E-state index is 6.21. The molecule has 8 rings (SSSR count). The van der Waals surface area contributed by atoms with Crippen molar-refractivity contribution < 1.29 is 18.6 Å². The van der Waals surface area contributed by atoms with Crippen LogP contribution in [0.1, 0.15) is 118 Å². The summed E-state index contributed by atoms with van der Waals surface area (Å²) >= 11 is 0. The van der Waals surface area contributed by atoms with Crippen LogP contribution in [0.25, 0.3) is 21.8 Å². The summed E-state index contributed by atoms with van der Waals surface area (Å²) in [5.74, 6) is 1.58. The maximum absolute atomic E-state index is 6.21. The van der Waals surface area contributed by atoms with Crippen molar-refractivity contribution in [2.24, 2.45) is 11.8 Å². The number of aromatic nitrogens is 4. The predicted octanol–water partition coefficient (Wildman–Crippen LogP) is 7.23. The fraction of sp³-hybridized carbons (Fsp3) is 0.632. The van der Waals surface area contributed by atoms with Crippen LogP contribution in [0.15, 0.2) is 36.7 Å². The molecule has 4 fully saturated rings. The van der Waals surface area contributed by atoms with Crippen LogP contribution >= 0.6 is 0 Å². The molecular weight excluding hydrogens is 598 g/mol. The van der Waals surface area contributed by atoms with Crippen LogP contribution < -0.4 is 10.9 Å². The standard InChI is InChI=1S/2C19H27BN2O2/c1-12-9-16(20-23-18(3,4)19(5,6)24-20)10-15-11-22(21-17(12)15)13(2)14-7-8-14;1-12-9-16(20-23-18(3,4)19(5,6)24-20)10-15-11-21-22(17(12)15)13(2)14-7-8-14/h2*9-11,13-14H,7-8H2,1-6H3. The molecule has 48 heavy (non-hydrogen) atoms. The molecule has 8 nitrogen and oxygen atoms in total. The molecule has 10 heteroatoms. The number of fused-ring (bicyclic) bond motifs is 2. The molecule has 0 radical (unpaired) electrons. The highest BCUT2D eigenvalue weighted by molar-refractivity contribution is 6.63. The van der Waals surface area contributed by atoms with E-state index in [9.17, 15) is 0 Å². The summed E-state index contributed by atoms with van der Waals surface area (Å²) in [6.45, 7) is 25.6. The van der Waals surface area contributed by atoms with Gasteiger partial charge in [-0.2, -0.15) is 10.2 Å². The van der Waals surface area contributed by atoms with Gasteiger partial charge in [-0.05, 0) is 143 Å². The third-order valence-corrected chi connectivity index (χ3v) is 12.2. The molecule has 2 saturated heterocycles. The van der Waals surface area contributed by atoms with Gasteiger partial charge in [0.05, 0.1) is 51.7 Å². The van der Waals surface area contributed by atoms with Crippen LogP contribution in [0.5, 0.6) is 0 Å². The van der Waals surface area contributed by atoms with Gasteiger partial charge in [0.2, 0.25) is 0 Å². The highest BCUT2D eigenvalue weighted by atomic mass is 16.7. The Morgan fingerprint density at radius 2 is 1.12 bits per heavy atom. The Balaban J connectivity index is 0.000000152. The van der Waals surface area contributed by atoms with Gasteiger partial charge in [0.15, 0.2) is 0 Å². The molecule has 0 N–H and O–H groups in total. The third-order valence-electron chi connectivity index (χ3n) is 12.2. The van der Waals surface area contributed by atoms with Crippen molar-refractivity contribution in [1.29, 1.82) is 0 Å².